The fourth-order valence-electron chi connectivity index (χ4n) is 1.57. The van der Waals surface area contributed by atoms with Crippen LogP contribution in [0.4, 0.5) is 5.69 Å². The third-order valence-corrected chi connectivity index (χ3v) is 3.56. The molecule has 0 heterocycles. The summed E-state index contributed by atoms with van der Waals surface area (Å²) < 4.78 is 0.930. The third kappa shape index (κ3) is 3.34. The maximum absolute atomic E-state index is 11.9. The minimum atomic E-state index is -0.0880. The van der Waals surface area contributed by atoms with Crippen molar-refractivity contribution in [2.45, 2.75) is 6.42 Å². The quantitative estimate of drug-likeness (QED) is 0.897. The predicted octanol–water partition coefficient (Wildman–Crippen LogP) is 4.28. The largest absolute Gasteiger partial charge is 0.324 e. The van der Waals surface area contributed by atoms with Gasteiger partial charge in [0.1, 0.15) is 0 Å². The highest BCUT2D eigenvalue weighted by atomic mass is 79.9. The molecule has 2 aromatic rings. The lowest BCUT2D eigenvalue weighted by molar-refractivity contribution is -0.115. The second-order valence-electron chi connectivity index (χ2n) is 3.80. The van der Waals surface area contributed by atoms with Crippen molar-refractivity contribution in [2.24, 2.45) is 0 Å². The van der Waals surface area contributed by atoms with Gasteiger partial charge in [-0.1, -0.05) is 57.9 Å². The van der Waals surface area contributed by atoms with Gasteiger partial charge < -0.3 is 5.32 Å². The zero-order valence-corrected chi connectivity index (χ0v) is 11.8. The van der Waals surface area contributed by atoms with E-state index in [1.165, 1.54) is 0 Å². The van der Waals surface area contributed by atoms with Crippen molar-refractivity contribution >= 4 is 39.1 Å². The van der Waals surface area contributed by atoms with Crippen LogP contribution in [0, 0.1) is 0 Å². The molecule has 0 unspecified atom stereocenters. The van der Waals surface area contributed by atoms with E-state index in [1.807, 2.05) is 36.4 Å². The number of halogens is 2. The molecule has 92 valence electrons. The van der Waals surface area contributed by atoms with Crippen molar-refractivity contribution in [1.29, 1.82) is 0 Å². The maximum Gasteiger partial charge on any atom is 0.228 e. The summed E-state index contributed by atoms with van der Waals surface area (Å²) >= 11 is 9.40. The van der Waals surface area contributed by atoms with Gasteiger partial charge in [0.15, 0.2) is 0 Å². The molecule has 0 aromatic heterocycles. The van der Waals surface area contributed by atoms with Crippen LogP contribution < -0.4 is 5.32 Å². The lowest BCUT2D eigenvalue weighted by atomic mass is 10.1. The van der Waals surface area contributed by atoms with Gasteiger partial charge in [-0.15, -0.1) is 0 Å². The number of benzene rings is 2. The number of hydrogen-bond donors (Lipinski definition) is 1. The molecule has 18 heavy (non-hydrogen) atoms. The fraction of sp³-hybridized carbons (Fsp3) is 0.0714. The van der Waals surface area contributed by atoms with Crippen molar-refractivity contribution in [1.82, 2.24) is 0 Å². The van der Waals surface area contributed by atoms with Gasteiger partial charge >= 0.3 is 0 Å². The number of carbonyl (C=O) groups excluding carboxylic acids is 1. The first-order valence-corrected chi connectivity index (χ1v) is 6.61. The average molecular weight is 325 g/mol. The lowest BCUT2D eigenvalue weighted by Gasteiger charge is -2.07. The number of nitrogens with one attached hydrogen (secondary N) is 1. The molecule has 0 radical (unpaired) electrons. The van der Waals surface area contributed by atoms with Gasteiger partial charge in [-0.2, -0.15) is 0 Å². The highest BCUT2D eigenvalue weighted by molar-refractivity contribution is 9.10. The molecule has 2 rings (SSSR count). The molecular weight excluding hydrogens is 314 g/mol. The molecule has 2 nitrogen and oxygen atoms in total. The van der Waals surface area contributed by atoms with Gasteiger partial charge in [0.2, 0.25) is 5.91 Å². The molecule has 0 saturated carbocycles. The van der Waals surface area contributed by atoms with Crippen molar-refractivity contribution in [3.63, 3.8) is 0 Å². The lowest BCUT2D eigenvalue weighted by Crippen LogP contribution is -2.14. The summed E-state index contributed by atoms with van der Waals surface area (Å²) in [5.41, 5.74) is 1.58. The zero-order valence-electron chi connectivity index (χ0n) is 9.49. The Bertz CT molecular complexity index is 522. The van der Waals surface area contributed by atoms with Crippen molar-refractivity contribution in [3.8, 4) is 0 Å². The van der Waals surface area contributed by atoms with Gasteiger partial charge in [0, 0.05) is 4.47 Å². The van der Waals surface area contributed by atoms with Crippen molar-refractivity contribution in [3.05, 3.63) is 63.6 Å². The van der Waals surface area contributed by atoms with E-state index in [4.69, 9.17) is 11.6 Å². The topological polar surface area (TPSA) is 29.1 Å². The second-order valence-corrected chi connectivity index (χ2v) is 5.06. The van der Waals surface area contributed by atoms with E-state index >= 15 is 0 Å². The smallest absolute Gasteiger partial charge is 0.228 e. The highest BCUT2D eigenvalue weighted by Gasteiger charge is 2.08. The van der Waals surface area contributed by atoms with Crippen molar-refractivity contribution < 1.29 is 4.79 Å². The summed E-state index contributed by atoms with van der Waals surface area (Å²) in [5, 5.41) is 3.33. The SMILES string of the molecule is O=C(Cc1ccccc1Br)Nc1ccccc1Cl. The van der Waals surface area contributed by atoms with Crippen LogP contribution in [0.3, 0.4) is 0 Å². The van der Waals surface area contributed by atoms with E-state index in [1.54, 1.807) is 12.1 Å². The summed E-state index contributed by atoms with van der Waals surface area (Å²) in [6.45, 7) is 0. The molecule has 2 aromatic carbocycles. The molecule has 1 amide bonds. The number of hydrogen-bond acceptors (Lipinski definition) is 1. The van der Waals surface area contributed by atoms with Crippen LogP contribution in [0.1, 0.15) is 5.56 Å². The average Bonchev–Trinajstić information content (AvgIpc) is 2.35. The van der Waals surface area contributed by atoms with E-state index in [0.717, 1.165) is 10.0 Å². The maximum atomic E-state index is 11.9. The van der Waals surface area contributed by atoms with E-state index < -0.39 is 0 Å². The van der Waals surface area contributed by atoms with E-state index in [9.17, 15) is 4.79 Å². The Morgan fingerprint density at radius 3 is 2.50 bits per heavy atom. The second kappa shape index (κ2) is 6.03. The fourth-order valence-corrected chi connectivity index (χ4v) is 2.18. The van der Waals surface area contributed by atoms with Gasteiger partial charge in [-0.05, 0) is 23.8 Å². The molecule has 1 N–H and O–H groups in total. The molecule has 0 aliphatic carbocycles. The molecule has 0 aliphatic heterocycles. The number of amides is 1. The predicted molar refractivity (Wildman–Crippen MR) is 77.9 cm³/mol. The zero-order chi connectivity index (χ0) is 13.0. The first-order chi connectivity index (χ1) is 8.66. The molecule has 0 aliphatic rings. The Kier molecular flexibility index (Phi) is 4.39. The first kappa shape index (κ1) is 13.1. The monoisotopic (exact) mass is 323 g/mol. The molecule has 0 fully saturated rings. The van der Waals surface area contributed by atoms with Crippen molar-refractivity contribution in [2.75, 3.05) is 5.32 Å². The number of rotatable bonds is 3. The van der Waals surface area contributed by atoms with Gasteiger partial charge in [-0.25, -0.2) is 0 Å². The van der Waals surface area contributed by atoms with Crippen LogP contribution in [0.15, 0.2) is 53.0 Å². The first-order valence-electron chi connectivity index (χ1n) is 5.44. The summed E-state index contributed by atoms with van der Waals surface area (Å²) in [5.74, 6) is -0.0880. The van der Waals surface area contributed by atoms with Gasteiger partial charge in [0.05, 0.1) is 17.1 Å². The minimum absolute atomic E-state index is 0.0880. The van der Waals surface area contributed by atoms with E-state index in [0.29, 0.717) is 17.1 Å². The third-order valence-electron chi connectivity index (χ3n) is 2.46. The molecule has 4 heteroatoms. The van der Waals surface area contributed by atoms with E-state index in [2.05, 4.69) is 21.2 Å². The molecule has 0 saturated heterocycles. The van der Waals surface area contributed by atoms with Gasteiger partial charge in [-0.3, -0.25) is 4.79 Å². The summed E-state index contributed by atoms with van der Waals surface area (Å²) in [6.07, 6.45) is 0.312. The number of carbonyl (C=O) groups is 1. The molecule has 0 atom stereocenters. The summed E-state index contributed by atoms with van der Waals surface area (Å²) in [4.78, 5) is 11.9. The highest BCUT2D eigenvalue weighted by Crippen LogP contribution is 2.21. The Labute approximate surface area is 119 Å². The normalized spacial score (nSPS) is 10.1. The van der Waals surface area contributed by atoms with Gasteiger partial charge in [0.25, 0.3) is 0 Å². The number of para-hydroxylation sites is 1. The van der Waals surface area contributed by atoms with E-state index in [-0.39, 0.29) is 5.91 Å². The van der Waals surface area contributed by atoms with Crippen LogP contribution >= 0.6 is 27.5 Å². The standard InChI is InChI=1S/C14H11BrClNO/c15-11-6-2-1-5-10(11)9-14(18)17-13-8-4-3-7-12(13)16/h1-8H,9H2,(H,17,18). The number of anilines is 1. The summed E-state index contributed by atoms with van der Waals surface area (Å²) in [6, 6.07) is 14.8. The Balaban J connectivity index is 2.06. The Morgan fingerprint density at radius 1 is 1.11 bits per heavy atom. The van der Waals surface area contributed by atoms with Crippen LogP contribution in [-0.4, -0.2) is 5.91 Å². The molecular formula is C14H11BrClNO. The Hall–Kier alpha value is -1.32. The van der Waals surface area contributed by atoms with Crippen LogP contribution in [0.2, 0.25) is 5.02 Å². The molecule has 0 bridgehead atoms. The van der Waals surface area contributed by atoms with Crippen LogP contribution in [0.5, 0.6) is 0 Å². The Morgan fingerprint density at radius 2 is 1.78 bits per heavy atom. The minimum Gasteiger partial charge on any atom is -0.324 e. The molecule has 0 spiro atoms. The van der Waals surface area contributed by atoms with Crippen LogP contribution in [0.25, 0.3) is 0 Å². The summed E-state index contributed by atoms with van der Waals surface area (Å²) in [7, 11) is 0. The van der Waals surface area contributed by atoms with Crippen LogP contribution in [-0.2, 0) is 11.2 Å².